The van der Waals surface area contributed by atoms with Crippen molar-refractivity contribution in [2.24, 2.45) is 0 Å². The maximum Gasteiger partial charge on any atom is 0.419 e. The first-order valence-corrected chi connectivity index (χ1v) is 13.0. The number of hydrogen-bond acceptors (Lipinski definition) is 3. The van der Waals surface area contributed by atoms with E-state index in [4.69, 9.17) is 9.72 Å². The molecular formula is C31H31BrN2O2. The molecule has 2 heterocycles. The zero-order valence-electron chi connectivity index (χ0n) is 21.6. The molecule has 0 radical (unpaired) electrons. The molecule has 0 saturated carbocycles. The molecule has 4 nitrogen and oxygen atoms in total. The summed E-state index contributed by atoms with van der Waals surface area (Å²) < 4.78 is 8.16. The third-order valence-electron chi connectivity index (χ3n) is 6.76. The van der Waals surface area contributed by atoms with Crippen LogP contribution < -0.4 is 0 Å². The summed E-state index contributed by atoms with van der Waals surface area (Å²) in [6.07, 6.45) is 1.46. The quantitative estimate of drug-likeness (QED) is 0.226. The lowest BCUT2D eigenvalue weighted by Gasteiger charge is -2.34. The number of halogens is 1. The summed E-state index contributed by atoms with van der Waals surface area (Å²) in [6, 6.07) is 25.1. The van der Waals surface area contributed by atoms with Gasteiger partial charge in [-0.15, -0.1) is 0 Å². The van der Waals surface area contributed by atoms with Crippen LogP contribution in [0.2, 0.25) is 0 Å². The molecule has 0 amide bonds. The largest absolute Gasteiger partial charge is 0.443 e. The Morgan fingerprint density at radius 2 is 1.44 bits per heavy atom. The van der Waals surface area contributed by atoms with E-state index in [0.717, 1.165) is 33.6 Å². The van der Waals surface area contributed by atoms with Gasteiger partial charge in [0.25, 0.3) is 0 Å². The van der Waals surface area contributed by atoms with E-state index in [1.165, 1.54) is 5.56 Å². The van der Waals surface area contributed by atoms with E-state index < -0.39 is 17.1 Å². The van der Waals surface area contributed by atoms with Crippen molar-refractivity contribution in [2.75, 3.05) is 0 Å². The van der Waals surface area contributed by atoms with Crippen LogP contribution in [0, 0.1) is 0 Å². The zero-order valence-corrected chi connectivity index (χ0v) is 23.2. The monoisotopic (exact) mass is 542 g/mol. The molecule has 1 aliphatic carbocycles. The van der Waals surface area contributed by atoms with Crippen molar-refractivity contribution in [3.63, 3.8) is 0 Å². The van der Waals surface area contributed by atoms with E-state index in [9.17, 15) is 4.79 Å². The molecule has 0 unspecified atom stereocenters. The van der Waals surface area contributed by atoms with E-state index in [0.29, 0.717) is 4.60 Å². The van der Waals surface area contributed by atoms with E-state index in [2.05, 4.69) is 97.4 Å². The smallest absolute Gasteiger partial charge is 0.419 e. The number of pyridine rings is 1. The van der Waals surface area contributed by atoms with Gasteiger partial charge in [-0.25, -0.2) is 9.36 Å². The molecule has 4 aromatic rings. The highest BCUT2D eigenvalue weighted by molar-refractivity contribution is 9.10. The first kappa shape index (κ1) is 24.5. The average molecular weight is 544 g/mol. The molecule has 1 aliphatic rings. The molecular weight excluding hydrogens is 512 g/mol. The van der Waals surface area contributed by atoms with Crippen LogP contribution in [0.15, 0.2) is 83.6 Å². The normalized spacial score (nSPS) is 14.3. The van der Waals surface area contributed by atoms with Gasteiger partial charge in [-0.05, 0) is 94.2 Å². The maximum absolute atomic E-state index is 13.6. The van der Waals surface area contributed by atoms with Gasteiger partial charge in [-0.1, -0.05) is 69.3 Å². The van der Waals surface area contributed by atoms with Crippen molar-refractivity contribution in [1.29, 1.82) is 0 Å². The van der Waals surface area contributed by atoms with Crippen molar-refractivity contribution in [3.05, 3.63) is 112 Å². The molecule has 0 fully saturated rings. The molecule has 0 N–H and O–H groups in total. The lowest BCUT2D eigenvalue weighted by Crippen LogP contribution is -2.36. The van der Waals surface area contributed by atoms with Gasteiger partial charge in [-0.3, -0.25) is 4.98 Å². The number of hydrogen-bond donors (Lipinski definition) is 0. The highest BCUT2D eigenvalue weighted by atomic mass is 79.9. The number of aromatic nitrogens is 2. The fourth-order valence-corrected chi connectivity index (χ4v) is 5.69. The second kappa shape index (κ2) is 8.45. The number of carbonyl (C=O) groups is 1. The molecule has 5 heteroatoms. The predicted octanol–water partition coefficient (Wildman–Crippen LogP) is 8.09. The van der Waals surface area contributed by atoms with Gasteiger partial charge in [0.2, 0.25) is 0 Å². The van der Waals surface area contributed by atoms with Crippen LogP contribution in [-0.2, 0) is 15.6 Å². The lowest BCUT2D eigenvalue weighted by atomic mass is 9.71. The predicted molar refractivity (Wildman–Crippen MR) is 148 cm³/mol. The number of benzene rings is 2. The highest BCUT2D eigenvalue weighted by Crippen LogP contribution is 2.56. The second-order valence-electron chi connectivity index (χ2n) is 11.4. The second-order valence-corrected chi connectivity index (χ2v) is 12.2. The summed E-state index contributed by atoms with van der Waals surface area (Å²) in [5.41, 5.74) is 5.82. The Hall–Kier alpha value is -3.18. The minimum Gasteiger partial charge on any atom is -0.443 e. The van der Waals surface area contributed by atoms with Gasteiger partial charge in [0.05, 0.1) is 16.0 Å². The Morgan fingerprint density at radius 1 is 0.861 bits per heavy atom. The molecule has 36 heavy (non-hydrogen) atoms. The molecule has 2 aromatic carbocycles. The number of carbonyl (C=O) groups excluding carboxylic acids is 1. The van der Waals surface area contributed by atoms with Crippen molar-refractivity contribution in [1.82, 2.24) is 9.55 Å². The molecule has 184 valence electrons. The third kappa shape index (κ3) is 3.81. The summed E-state index contributed by atoms with van der Waals surface area (Å²) in [5.74, 6) is 0. The van der Waals surface area contributed by atoms with Crippen molar-refractivity contribution >= 4 is 22.0 Å². The van der Waals surface area contributed by atoms with Gasteiger partial charge in [0.15, 0.2) is 0 Å². The van der Waals surface area contributed by atoms with Gasteiger partial charge in [0.1, 0.15) is 11.0 Å². The summed E-state index contributed by atoms with van der Waals surface area (Å²) in [4.78, 5) is 18.6. The molecule has 0 bridgehead atoms. The van der Waals surface area contributed by atoms with Crippen molar-refractivity contribution in [3.8, 4) is 11.1 Å². The van der Waals surface area contributed by atoms with Crippen LogP contribution in [0.25, 0.3) is 11.1 Å². The van der Waals surface area contributed by atoms with Crippen LogP contribution in [0.5, 0.6) is 0 Å². The summed E-state index contributed by atoms with van der Waals surface area (Å²) >= 11 is 3.64. The minimum absolute atomic E-state index is 0.0652. The van der Waals surface area contributed by atoms with Crippen molar-refractivity contribution < 1.29 is 9.53 Å². The number of fused-ring (bicyclic) bond motifs is 3. The first-order chi connectivity index (χ1) is 16.9. The Balaban J connectivity index is 1.91. The summed E-state index contributed by atoms with van der Waals surface area (Å²) in [5, 5.41) is 0. The van der Waals surface area contributed by atoms with Gasteiger partial charge in [0, 0.05) is 6.20 Å². The standard InChI is InChI=1S/C31H31BrN2O2/c1-29(2,3)20-17-18-33-25(19-20)31(26-15-16-27(32)34(26)28(35)36-30(4,5)6)23-13-9-7-11-21(23)22-12-8-10-14-24(22)31/h7-19H,1-6H3. The average Bonchev–Trinajstić information content (AvgIpc) is 3.34. The molecule has 0 aliphatic heterocycles. The Morgan fingerprint density at radius 3 is 2.00 bits per heavy atom. The summed E-state index contributed by atoms with van der Waals surface area (Å²) in [7, 11) is 0. The highest BCUT2D eigenvalue weighted by Gasteiger charge is 2.50. The summed E-state index contributed by atoms with van der Waals surface area (Å²) in [6.45, 7) is 12.3. The van der Waals surface area contributed by atoms with Crippen LogP contribution in [0.3, 0.4) is 0 Å². The molecule has 0 saturated heterocycles. The SMILES string of the molecule is CC(C)(C)OC(=O)n1c(Br)ccc1C1(c2cc(C(C)(C)C)ccn2)c2ccccc2-c2ccccc21. The molecule has 2 aromatic heterocycles. The van der Waals surface area contributed by atoms with E-state index in [1.807, 2.05) is 39.1 Å². The number of nitrogens with zero attached hydrogens (tertiary/aromatic N) is 2. The fourth-order valence-electron chi connectivity index (χ4n) is 5.22. The van der Waals surface area contributed by atoms with E-state index in [1.54, 1.807) is 4.57 Å². The molecule has 0 atom stereocenters. The molecule has 5 rings (SSSR count). The van der Waals surface area contributed by atoms with Crippen LogP contribution in [-0.4, -0.2) is 21.2 Å². The first-order valence-electron chi connectivity index (χ1n) is 12.2. The maximum atomic E-state index is 13.6. The van der Waals surface area contributed by atoms with E-state index in [-0.39, 0.29) is 5.41 Å². The molecule has 0 spiro atoms. The van der Waals surface area contributed by atoms with E-state index >= 15 is 0 Å². The van der Waals surface area contributed by atoms with Crippen molar-refractivity contribution in [2.45, 2.75) is 58.0 Å². The van der Waals surface area contributed by atoms with Crippen LogP contribution >= 0.6 is 15.9 Å². The van der Waals surface area contributed by atoms with Crippen LogP contribution in [0.4, 0.5) is 4.79 Å². The van der Waals surface area contributed by atoms with Crippen LogP contribution in [0.1, 0.15) is 69.6 Å². The number of ether oxygens (including phenoxy) is 1. The third-order valence-corrected chi connectivity index (χ3v) is 7.37. The Labute approximate surface area is 221 Å². The topological polar surface area (TPSA) is 44.1 Å². The van der Waals surface area contributed by atoms with Gasteiger partial charge < -0.3 is 4.74 Å². The Bertz CT molecular complexity index is 1420. The fraction of sp³-hybridized carbons (Fsp3) is 0.290. The van der Waals surface area contributed by atoms with Gasteiger partial charge in [-0.2, -0.15) is 0 Å². The zero-order chi connectivity index (χ0) is 25.9. The minimum atomic E-state index is -0.808. The lowest BCUT2D eigenvalue weighted by molar-refractivity contribution is 0.0527. The Kier molecular flexibility index (Phi) is 5.75. The number of rotatable bonds is 2. The van der Waals surface area contributed by atoms with Gasteiger partial charge >= 0.3 is 6.09 Å².